The molecule has 0 saturated heterocycles. The number of nitrogens with one attached hydrogen (secondary N) is 2. The van der Waals surface area contributed by atoms with E-state index >= 15 is 0 Å². The molecular formula is C21H25BrIN5O. The maximum Gasteiger partial charge on any atom is 0.191 e. The lowest BCUT2D eigenvalue weighted by atomic mass is 10.1. The van der Waals surface area contributed by atoms with Crippen molar-refractivity contribution in [2.75, 3.05) is 19.7 Å². The number of aliphatic imine (C=N–C) groups is 1. The van der Waals surface area contributed by atoms with Crippen LogP contribution in [0, 0.1) is 0 Å². The molecule has 3 aromatic rings. The van der Waals surface area contributed by atoms with Crippen molar-refractivity contribution in [3.05, 3.63) is 64.0 Å². The molecule has 0 fully saturated rings. The first-order valence-electron chi connectivity index (χ1n) is 9.61. The summed E-state index contributed by atoms with van der Waals surface area (Å²) in [5.74, 6) is 1.84. The van der Waals surface area contributed by atoms with Crippen molar-refractivity contribution in [2.45, 2.75) is 26.3 Å². The summed E-state index contributed by atoms with van der Waals surface area (Å²) in [5.41, 5.74) is 4.50. The average Bonchev–Trinajstić information content (AvgIpc) is 3.31. The van der Waals surface area contributed by atoms with E-state index in [1.807, 2.05) is 28.9 Å². The molecule has 0 aliphatic carbocycles. The Morgan fingerprint density at radius 2 is 2.14 bits per heavy atom. The lowest BCUT2D eigenvalue weighted by Gasteiger charge is -2.11. The fraction of sp³-hybridized carbons (Fsp3) is 0.333. The van der Waals surface area contributed by atoms with Crippen LogP contribution in [-0.2, 0) is 19.4 Å². The highest BCUT2D eigenvalue weighted by Gasteiger charge is 2.11. The van der Waals surface area contributed by atoms with E-state index in [1.54, 1.807) is 0 Å². The summed E-state index contributed by atoms with van der Waals surface area (Å²) in [6.07, 6.45) is 5.97. The second-order valence-electron chi connectivity index (χ2n) is 6.76. The Morgan fingerprint density at radius 3 is 3.00 bits per heavy atom. The van der Waals surface area contributed by atoms with Crippen molar-refractivity contribution in [3.63, 3.8) is 0 Å². The third-order valence-electron chi connectivity index (χ3n) is 4.67. The highest BCUT2D eigenvalue weighted by Crippen LogP contribution is 2.25. The van der Waals surface area contributed by atoms with Crippen LogP contribution in [0.25, 0.3) is 5.65 Å². The van der Waals surface area contributed by atoms with Gasteiger partial charge in [0.2, 0.25) is 0 Å². The first-order valence-corrected chi connectivity index (χ1v) is 10.4. The normalized spacial score (nSPS) is 13.0. The molecule has 2 aromatic heterocycles. The topological polar surface area (TPSA) is 63.0 Å². The monoisotopic (exact) mass is 569 g/mol. The number of ether oxygens (including phenoxy) is 1. The van der Waals surface area contributed by atoms with E-state index in [-0.39, 0.29) is 24.0 Å². The number of halogens is 2. The molecule has 0 spiro atoms. The number of pyridine rings is 1. The van der Waals surface area contributed by atoms with Crippen molar-refractivity contribution in [2.24, 2.45) is 4.99 Å². The highest BCUT2D eigenvalue weighted by molar-refractivity contribution is 14.0. The van der Waals surface area contributed by atoms with Gasteiger partial charge < -0.3 is 19.8 Å². The zero-order chi connectivity index (χ0) is 19.3. The summed E-state index contributed by atoms with van der Waals surface area (Å²) in [7, 11) is 0. The standard InChI is InChI=1S/C21H24BrN5O.HI/c1-2-23-21(24-9-7-15-3-5-19-16(11-15)8-10-28-19)25-12-18-14-27-13-17(22)4-6-20(27)26-18;/h3-6,11,13-14H,2,7-10,12H2,1H3,(H2,23,24,25);1H. The summed E-state index contributed by atoms with van der Waals surface area (Å²) < 4.78 is 8.61. The Labute approximate surface area is 196 Å². The van der Waals surface area contributed by atoms with Crippen molar-refractivity contribution < 1.29 is 4.74 Å². The fourth-order valence-corrected chi connectivity index (χ4v) is 3.67. The zero-order valence-corrected chi connectivity index (χ0v) is 20.2. The molecule has 6 nitrogen and oxygen atoms in total. The molecule has 0 atom stereocenters. The lowest BCUT2D eigenvalue weighted by Crippen LogP contribution is -2.38. The van der Waals surface area contributed by atoms with Gasteiger partial charge in [0.15, 0.2) is 5.96 Å². The molecule has 1 aromatic carbocycles. The maximum absolute atomic E-state index is 5.58. The summed E-state index contributed by atoms with van der Waals surface area (Å²) in [6.45, 7) is 5.04. The molecule has 1 aliphatic heterocycles. The van der Waals surface area contributed by atoms with Gasteiger partial charge in [0.25, 0.3) is 0 Å². The molecule has 0 saturated carbocycles. The number of hydrogen-bond acceptors (Lipinski definition) is 3. The van der Waals surface area contributed by atoms with E-state index in [1.165, 1.54) is 11.1 Å². The molecule has 4 rings (SSSR count). The second kappa shape index (κ2) is 10.3. The van der Waals surface area contributed by atoms with Crippen LogP contribution in [0.4, 0.5) is 0 Å². The van der Waals surface area contributed by atoms with Crippen LogP contribution in [0.2, 0.25) is 0 Å². The lowest BCUT2D eigenvalue weighted by molar-refractivity contribution is 0.357. The van der Waals surface area contributed by atoms with Gasteiger partial charge in [-0.3, -0.25) is 0 Å². The van der Waals surface area contributed by atoms with Gasteiger partial charge in [-0.25, -0.2) is 9.98 Å². The second-order valence-corrected chi connectivity index (χ2v) is 7.67. The number of fused-ring (bicyclic) bond motifs is 2. The molecule has 0 radical (unpaired) electrons. The SMILES string of the molecule is CCNC(=NCc1cn2cc(Br)ccc2n1)NCCc1ccc2c(c1)CCO2.I. The molecule has 0 bridgehead atoms. The van der Waals surface area contributed by atoms with E-state index in [9.17, 15) is 0 Å². The Bertz CT molecular complexity index is 1000. The van der Waals surface area contributed by atoms with Gasteiger partial charge in [0.05, 0.1) is 18.8 Å². The molecule has 0 amide bonds. The van der Waals surface area contributed by atoms with Gasteiger partial charge >= 0.3 is 0 Å². The number of guanidine groups is 1. The van der Waals surface area contributed by atoms with Crippen molar-refractivity contribution in [1.29, 1.82) is 0 Å². The largest absolute Gasteiger partial charge is 0.493 e. The maximum atomic E-state index is 5.58. The van der Waals surface area contributed by atoms with Crippen LogP contribution in [0.5, 0.6) is 5.75 Å². The quantitative estimate of drug-likeness (QED) is 0.268. The predicted molar refractivity (Wildman–Crippen MR) is 130 cm³/mol. The van der Waals surface area contributed by atoms with Crippen LogP contribution in [-0.4, -0.2) is 35.0 Å². The van der Waals surface area contributed by atoms with Gasteiger partial charge in [-0.15, -0.1) is 24.0 Å². The molecule has 0 unspecified atom stereocenters. The van der Waals surface area contributed by atoms with E-state index in [0.717, 1.165) is 60.1 Å². The molecule has 29 heavy (non-hydrogen) atoms. The molecule has 2 N–H and O–H groups in total. The zero-order valence-electron chi connectivity index (χ0n) is 16.3. The molecule has 154 valence electrons. The van der Waals surface area contributed by atoms with Crippen molar-refractivity contribution in [3.8, 4) is 5.75 Å². The number of nitrogens with zero attached hydrogens (tertiary/aromatic N) is 3. The highest BCUT2D eigenvalue weighted by atomic mass is 127. The van der Waals surface area contributed by atoms with Crippen LogP contribution in [0.1, 0.15) is 23.7 Å². The van der Waals surface area contributed by atoms with Gasteiger partial charge in [0, 0.05) is 36.4 Å². The van der Waals surface area contributed by atoms with E-state index in [0.29, 0.717) is 6.54 Å². The van der Waals surface area contributed by atoms with Crippen molar-refractivity contribution in [1.82, 2.24) is 20.0 Å². The first-order chi connectivity index (χ1) is 13.7. The van der Waals surface area contributed by atoms with Crippen LogP contribution in [0.3, 0.4) is 0 Å². The number of rotatable bonds is 6. The molecule has 1 aliphatic rings. The van der Waals surface area contributed by atoms with Crippen LogP contribution >= 0.6 is 39.9 Å². The van der Waals surface area contributed by atoms with E-state index in [2.05, 4.69) is 61.7 Å². The Balaban J connectivity index is 0.00000240. The van der Waals surface area contributed by atoms with Crippen molar-refractivity contribution >= 4 is 51.5 Å². The van der Waals surface area contributed by atoms with Gasteiger partial charge in [-0.05, 0) is 58.6 Å². The predicted octanol–water partition coefficient (Wildman–Crippen LogP) is 3.95. The first kappa shape index (κ1) is 21.9. The van der Waals surface area contributed by atoms with Crippen LogP contribution in [0.15, 0.2) is 52.2 Å². The van der Waals surface area contributed by atoms with Crippen LogP contribution < -0.4 is 15.4 Å². The van der Waals surface area contributed by atoms with Gasteiger partial charge in [-0.1, -0.05) is 12.1 Å². The third kappa shape index (κ3) is 5.63. The summed E-state index contributed by atoms with van der Waals surface area (Å²) in [5, 5.41) is 6.72. The van der Waals surface area contributed by atoms with Gasteiger partial charge in [-0.2, -0.15) is 0 Å². The minimum atomic E-state index is 0. The van der Waals surface area contributed by atoms with Gasteiger partial charge in [0.1, 0.15) is 11.4 Å². The number of hydrogen-bond donors (Lipinski definition) is 2. The molecule has 3 heterocycles. The summed E-state index contributed by atoms with van der Waals surface area (Å²) in [6, 6.07) is 10.5. The molecule has 8 heteroatoms. The third-order valence-corrected chi connectivity index (χ3v) is 5.14. The summed E-state index contributed by atoms with van der Waals surface area (Å²) in [4.78, 5) is 9.29. The minimum Gasteiger partial charge on any atom is -0.493 e. The van der Waals surface area contributed by atoms with E-state index in [4.69, 9.17) is 4.74 Å². The smallest absolute Gasteiger partial charge is 0.191 e. The Hall–Kier alpha value is -1.81. The Morgan fingerprint density at radius 1 is 1.24 bits per heavy atom. The number of benzene rings is 1. The average molecular weight is 570 g/mol. The Kier molecular flexibility index (Phi) is 7.77. The molecular weight excluding hydrogens is 545 g/mol. The summed E-state index contributed by atoms with van der Waals surface area (Å²) >= 11 is 3.49. The number of aromatic nitrogens is 2. The number of imidazole rings is 1. The van der Waals surface area contributed by atoms with E-state index < -0.39 is 0 Å². The minimum absolute atomic E-state index is 0. The fourth-order valence-electron chi connectivity index (χ4n) is 3.32.